The molecule has 0 aliphatic rings. The fraction of sp³-hybridized carbons (Fsp3) is 0. The van der Waals surface area contributed by atoms with E-state index in [-0.39, 0.29) is 0 Å². The van der Waals surface area contributed by atoms with Crippen LogP contribution in [0, 0.1) is 0 Å². The second-order valence-corrected chi connectivity index (χ2v) is 15.1. The summed E-state index contributed by atoms with van der Waals surface area (Å²) in [6, 6.07) is 70.4. The molecule has 0 fully saturated rings. The Morgan fingerprint density at radius 3 is 1.58 bits per heavy atom. The Morgan fingerprint density at radius 2 is 0.814 bits per heavy atom. The van der Waals surface area contributed by atoms with Crippen molar-refractivity contribution < 1.29 is 4.42 Å². The van der Waals surface area contributed by atoms with E-state index >= 15 is 0 Å². The normalized spacial score (nSPS) is 11.7. The van der Waals surface area contributed by atoms with Crippen molar-refractivity contribution in [2.45, 2.75) is 0 Å². The largest absolute Gasteiger partial charge is 0.455 e. The van der Waals surface area contributed by atoms with E-state index in [0.717, 1.165) is 66.3 Å². The molecule has 0 aliphatic heterocycles. The van der Waals surface area contributed by atoms with Crippen LogP contribution in [0.15, 0.2) is 205 Å². The van der Waals surface area contributed by atoms with E-state index in [1.165, 1.54) is 37.7 Å². The third kappa shape index (κ3) is 5.49. The van der Waals surface area contributed by atoms with E-state index < -0.39 is 0 Å². The molecule has 0 amide bonds. The van der Waals surface area contributed by atoms with Crippen molar-refractivity contribution >= 4 is 65.0 Å². The molecule has 0 spiro atoms. The van der Waals surface area contributed by atoms with Crippen LogP contribution in [0.4, 0.5) is 0 Å². The molecular formula is C55H33N3O. The number of benzene rings is 10. The molecule has 0 bridgehead atoms. The fourth-order valence-corrected chi connectivity index (χ4v) is 8.86. The number of hydrogen-bond acceptors (Lipinski definition) is 4. The lowest BCUT2D eigenvalue weighted by atomic mass is 9.91. The first-order valence-electron chi connectivity index (χ1n) is 19.9. The molecule has 0 saturated heterocycles. The second kappa shape index (κ2) is 13.3. The summed E-state index contributed by atoms with van der Waals surface area (Å²) in [4.78, 5) is 15.5. The van der Waals surface area contributed by atoms with Crippen LogP contribution >= 0.6 is 0 Å². The molecule has 274 valence electrons. The van der Waals surface area contributed by atoms with Crippen molar-refractivity contribution in [3.8, 4) is 56.4 Å². The minimum absolute atomic E-state index is 0.591. The molecule has 12 aromatic rings. The average molecular weight is 752 g/mol. The van der Waals surface area contributed by atoms with Crippen molar-refractivity contribution in [3.05, 3.63) is 200 Å². The Bertz CT molecular complexity index is 3570. The molecule has 0 atom stereocenters. The van der Waals surface area contributed by atoms with E-state index in [1.807, 2.05) is 18.2 Å². The van der Waals surface area contributed by atoms with E-state index in [2.05, 4.69) is 182 Å². The molecule has 12 rings (SSSR count). The third-order valence-electron chi connectivity index (χ3n) is 11.7. The number of nitrogens with zero attached hydrogens (tertiary/aromatic N) is 3. The highest BCUT2D eigenvalue weighted by atomic mass is 16.3. The maximum absolute atomic E-state index is 6.83. The van der Waals surface area contributed by atoms with Crippen LogP contribution in [-0.4, -0.2) is 15.0 Å². The SMILES string of the molecule is c1ccc(-c2ccc(-c3nc(-c4ccc5ccccc5c4)nc(-c4cccc5oc6c(-c7ccc8c9ccccc9c9ccccc9c8c7)cccc6c45)n3)cc2)cc1. The van der Waals surface area contributed by atoms with Gasteiger partial charge in [0.25, 0.3) is 0 Å². The summed E-state index contributed by atoms with van der Waals surface area (Å²) < 4.78 is 6.83. The van der Waals surface area contributed by atoms with Crippen molar-refractivity contribution in [2.24, 2.45) is 0 Å². The molecule has 0 radical (unpaired) electrons. The topological polar surface area (TPSA) is 51.8 Å². The molecule has 4 nitrogen and oxygen atoms in total. The molecule has 0 saturated carbocycles. The summed E-state index contributed by atoms with van der Waals surface area (Å²) in [6.07, 6.45) is 0. The smallest absolute Gasteiger partial charge is 0.164 e. The predicted octanol–water partition coefficient (Wildman–Crippen LogP) is 14.7. The van der Waals surface area contributed by atoms with E-state index in [1.54, 1.807) is 0 Å². The summed E-state index contributed by atoms with van der Waals surface area (Å²) >= 11 is 0. The van der Waals surface area contributed by atoms with Crippen LogP contribution in [0.2, 0.25) is 0 Å². The van der Waals surface area contributed by atoms with Gasteiger partial charge < -0.3 is 4.42 Å². The van der Waals surface area contributed by atoms with E-state index in [0.29, 0.717) is 17.5 Å². The van der Waals surface area contributed by atoms with Crippen LogP contribution in [-0.2, 0) is 0 Å². The Labute approximate surface area is 339 Å². The number of aromatic nitrogens is 3. The first kappa shape index (κ1) is 33.2. The lowest BCUT2D eigenvalue weighted by Crippen LogP contribution is -2.00. The number of rotatable bonds is 5. The first-order valence-corrected chi connectivity index (χ1v) is 19.9. The zero-order chi connectivity index (χ0) is 38.9. The second-order valence-electron chi connectivity index (χ2n) is 15.1. The molecule has 2 aromatic heterocycles. The summed E-state index contributed by atoms with van der Waals surface area (Å²) in [7, 11) is 0. The Kier molecular flexibility index (Phi) is 7.50. The molecule has 0 unspecified atom stereocenters. The molecule has 10 aromatic carbocycles. The van der Waals surface area contributed by atoms with Crippen molar-refractivity contribution in [3.63, 3.8) is 0 Å². The van der Waals surface area contributed by atoms with Gasteiger partial charge in [0.2, 0.25) is 0 Å². The molecular weight excluding hydrogens is 719 g/mol. The highest BCUT2D eigenvalue weighted by molar-refractivity contribution is 6.26. The van der Waals surface area contributed by atoms with Gasteiger partial charge in [-0.1, -0.05) is 182 Å². The number of furan rings is 1. The Hall–Kier alpha value is -7.95. The summed E-state index contributed by atoms with van der Waals surface area (Å²) in [6.45, 7) is 0. The predicted molar refractivity (Wildman–Crippen MR) is 244 cm³/mol. The van der Waals surface area contributed by atoms with Gasteiger partial charge in [0, 0.05) is 33.0 Å². The number of hydrogen-bond donors (Lipinski definition) is 0. The molecule has 2 heterocycles. The molecule has 59 heavy (non-hydrogen) atoms. The van der Waals surface area contributed by atoms with Gasteiger partial charge >= 0.3 is 0 Å². The van der Waals surface area contributed by atoms with Gasteiger partial charge in [-0.25, -0.2) is 15.0 Å². The van der Waals surface area contributed by atoms with E-state index in [9.17, 15) is 0 Å². The van der Waals surface area contributed by atoms with Gasteiger partial charge in [-0.05, 0) is 78.0 Å². The van der Waals surface area contributed by atoms with Gasteiger partial charge in [0.15, 0.2) is 17.5 Å². The van der Waals surface area contributed by atoms with Crippen LogP contribution in [0.25, 0.3) is 121 Å². The van der Waals surface area contributed by atoms with Crippen LogP contribution < -0.4 is 0 Å². The summed E-state index contributed by atoms with van der Waals surface area (Å²) in [5, 5.41) is 11.8. The monoisotopic (exact) mass is 751 g/mol. The zero-order valence-electron chi connectivity index (χ0n) is 31.8. The van der Waals surface area contributed by atoms with Gasteiger partial charge in [-0.2, -0.15) is 0 Å². The van der Waals surface area contributed by atoms with Crippen LogP contribution in [0.1, 0.15) is 0 Å². The van der Waals surface area contributed by atoms with Crippen molar-refractivity contribution in [1.82, 2.24) is 15.0 Å². The fourth-order valence-electron chi connectivity index (χ4n) is 8.86. The van der Waals surface area contributed by atoms with Crippen molar-refractivity contribution in [1.29, 1.82) is 0 Å². The lowest BCUT2D eigenvalue weighted by Gasteiger charge is -2.12. The summed E-state index contributed by atoms with van der Waals surface area (Å²) in [5.41, 5.74) is 8.78. The standard InChI is InChI=1S/C55H33N3O/c1-2-12-34(13-3-1)36-24-27-37(28-25-36)53-56-54(40-29-26-35-14-4-5-15-38(35)32-40)58-55(57-53)48-22-11-23-50-51(48)47-21-10-20-41(52(47)59-50)39-30-31-46-44-18-7-6-16-42(44)43-17-8-9-19-45(43)49(46)33-39/h1-33H. The third-order valence-corrected chi connectivity index (χ3v) is 11.7. The highest BCUT2D eigenvalue weighted by Gasteiger charge is 2.20. The Balaban J connectivity index is 1.04. The maximum Gasteiger partial charge on any atom is 0.164 e. The zero-order valence-corrected chi connectivity index (χ0v) is 31.8. The number of para-hydroxylation sites is 1. The molecule has 4 heteroatoms. The number of fused-ring (bicyclic) bond motifs is 10. The minimum atomic E-state index is 0.591. The van der Waals surface area contributed by atoms with Crippen molar-refractivity contribution in [2.75, 3.05) is 0 Å². The van der Waals surface area contributed by atoms with Gasteiger partial charge in [-0.15, -0.1) is 0 Å². The van der Waals surface area contributed by atoms with Gasteiger partial charge in [0.1, 0.15) is 11.2 Å². The van der Waals surface area contributed by atoms with Crippen LogP contribution in [0.3, 0.4) is 0 Å². The van der Waals surface area contributed by atoms with Crippen LogP contribution in [0.5, 0.6) is 0 Å². The van der Waals surface area contributed by atoms with Gasteiger partial charge in [-0.3, -0.25) is 0 Å². The quantitative estimate of drug-likeness (QED) is 0.164. The van der Waals surface area contributed by atoms with E-state index in [4.69, 9.17) is 19.4 Å². The minimum Gasteiger partial charge on any atom is -0.455 e. The average Bonchev–Trinajstić information content (AvgIpc) is 3.71. The summed E-state index contributed by atoms with van der Waals surface area (Å²) in [5.74, 6) is 1.82. The molecule has 0 aliphatic carbocycles. The molecule has 0 N–H and O–H groups in total. The highest BCUT2D eigenvalue weighted by Crippen LogP contribution is 2.43. The maximum atomic E-state index is 6.83. The Morgan fingerprint density at radius 1 is 0.288 bits per heavy atom. The van der Waals surface area contributed by atoms with Gasteiger partial charge in [0.05, 0.1) is 0 Å². The lowest BCUT2D eigenvalue weighted by molar-refractivity contribution is 0.670. The first-order chi connectivity index (χ1) is 29.2.